The normalized spacial score (nSPS) is 37.3. The van der Waals surface area contributed by atoms with E-state index in [1.165, 1.54) is 44.9 Å². The zero-order valence-electron chi connectivity index (χ0n) is 15.8. The molecule has 4 aliphatic rings. The van der Waals surface area contributed by atoms with Crippen LogP contribution in [0.25, 0.3) is 0 Å². The largest absolute Gasteiger partial charge is 0.375 e. The highest BCUT2D eigenvalue weighted by Crippen LogP contribution is 2.44. The Bertz CT molecular complexity index is 458. The van der Waals surface area contributed by atoms with Gasteiger partial charge in [-0.05, 0) is 38.0 Å². The Morgan fingerprint density at radius 2 is 1.88 bits per heavy atom. The van der Waals surface area contributed by atoms with Crippen molar-refractivity contribution in [3.63, 3.8) is 0 Å². The Balaban J connectivity index is 1.32. The van der Waals surface area contributed by atoms with Crippen LogP contribution in [0, 0.1) is 11.8 Å². The fourth-order valence-electron chi connectivity index (χ4n) is 5.00. The number of hydrogen-bond acceptors (Lipinski definition) is 3. The van der Waals surface area contributed by atoms with Crippen molar-refractivity contribution in [1.82, 2.24) is 10.2 Å². The van der Waals surface area contributed by atoms with E-state index in [2.05, 4.69) is 17.1 Å². The van der Waals surface area contributed by atoms with Gasteiger partial charge < -0.3 is 19.7 Å². The fraction of sp³-hybridized carbons (Fsp3) is 0.950. The first kappa shape index (κ1) is 17.6. The molecular formula is C20H35N3O2. The Hall–Kier alpha value is -0.810. The molecule has 0 spiro atoms. The number of hydrogen-bond donors (Lipinski definition) is 1. The second-order valence-corrected chi connectivity index (χ2v) is 8.25. The average Bonchev–Trinajstić information content (AvgIpc) is 3.21. The summed E-state index contributed by atoms with van der Waals surface area (Å²) in [5.74, 6) is 2.95. The number of morpholine rings is 1. The van der Waals surface area contributed by atoms with Gasteiger partial charge in [-0.3, -0.25) is 4.99 Å². The van der Waals surface area contributed by atoms with Crippen LogP contribution in [-0.2, 0) is 9.47 Å². The summed E-state index contributed by atoms with van der Waals surface area (Å²) < 4.78 is 11.9. The van der Waals surface area contributed by atoms with E-state index in [9.17, 15) is 0 Å². The Morgan fingerprint density at radius 3 is 2.64 bits per heavy atom. The predicted molar refractivity (Wildman–Crippen MR) is 99.9 cm³/mol. The molecule has 0 aromatic rings. The lowest BCUT2D eigenvalue weighted by Crippen LogP contribution is -2.54. The number of aliphatic imine (C=N–C) groups is 1. The molecule has 2 saturated carbocycles. The van der Waals surface area contributed by atoms with Crippen LogP contribution in [0.4, 0.5) is 0 Å². The number of rotatable bonds is 4. The van der Waals surface area contributed by atoms with E-state index >= 15 is 0 Å². The highest BCUT2D eigenvalue weighted by molar-refractivity contribution is 5.80. The van der Waals surface area contributed by atoms with E-state index in [1.54, 1.807) is 0 Å². The molecule has 2 aliphatic heterocycles. The minimum Gasteiger partial charge on any atom is -0.375 e. The number of guanidine groups is 1. The first-order valence-electron chi connectivity index (χ1n) is 10.6. The summed E-state index contributed by atoms with van der Waals surface area (Å²) in [4.78, 5) is 7.22. The molecule has 0 radical (unpaired) electrons. The first-order valence-corrected chi connectivity index (χ1v) is 10.6. The molecule has 142 valence electrons. The van der Waals surface area contributed by atoms with Crippen molar-refractivity contribution >= 4 is 5.96 Å². The minimum absolute atomic E-state index is 0.202. The van der Waals surface area contributed by atoms with Crippen molar-refractivity contribution in [3.05, 3.63) is 0 Å². The maximum atomic E-state index is 6.01. The molecule has 0 aromatic heterocycles. The van der Waals surface area contributed by atoms with Crippen LogP contribution >= 0.6 is 0 Å². The third kappa shape index (κ3) is 4.30. The zero-order valence-corrected chi connectivity index (χ0v) is 15.8. The molecule has 0 amide bonds. The molecule has 4 rings (SSSR count). The third-order valence-corrected chi connectivity index (χ3v) is 6.49. The molecule has 0 aromatic carbocycles. The van der Waals surface area contributed by atoms with Crippen molar-refractivity contribution in [3.8, 4) is 0 Å². The van der Waals surface area contributed by atoms with E-state index in [0.717, 1.165) is 57.1 Å². The maximum Gasteiger partial charge on any atom is 0.194 e. The molecule has 4 atom stereocenters. The van der Waals surface area contributed by atoms with Gasteiger partial charge in [-0.1, -0.05) is 32.1 Å². The van der Waals surface area contributed by atoms with Crippen molar-refractivity contribution in [2.24, 2.45) is 16.8 Å². The number of ether oxygens (including phenoxy) is 2. The van der Waals surface area contributed by atoms with Gasteiger partial charge in [0, 0.05) is 32.3 Å². The van der Waals surface area contributed by atoms with E-state index in [1.807, 2.05) is 0 Å². The summed E-state index contributed by atoms with van der Waals surface area (Å²) >= 11 is 0. The Labute approximate surface area is 152 Å². The van der Waals surface area contributed by atoms with E-state index in [4.69, 9.17) is 14.5 Å². The summed E-state index contributed by atoms with van der Waals surface area (Å²) in [6.07, 6.45) is 11.4. The van der Waals surface area contributed by atoms with Gasteiger partial charge in [0.25, 0.3) is 0 Å². The molecule has 0 bridgehead atoms. The lowest BCUT2D eigenvalue weighted by Gasteiger charge is -2.37. The summed E-state index contributed by atoms with van der Waals surface area (Å²) in [7, 11) is 0. The van der Waals surface area contributed by atoms with Gasteiger partial charge in [0.15, 0.2) is 5.96 Å². The molecule has 4 unspecified atom stereocenters. The van der Waals surface area contributed by atoms with Crippen LogP contribution in [-0.4, -0.2) is 62.0 Å². The summed E-state index contributed by atoms with van der Waals surface area (Å²) in [6.45, 7) is 6.50. The smallest absolute Gasteiger partial charge is 0.194 e. The minimum atomic E-state index is 0.202. The Morgan fingerprint density at radius 1 is 1.04 bits per heavy atom. The van der Waals surface area contributed by atoms with Gasteiger partial charge in [0.1, 0.15) is 6.10 Å². The Kier molecular flexibility index (Phi) is 5.81. The topological polar surface area (TPSA) is 46.1 Å². The van der Waals surface area contributed by atoms with E-state index < -0.39 is 0 Å². The average molecular weight is 350 g/mol. The third-order valence-electron chi connectivity index (χ3n) is 6.49. The van der Waals surface area contributed by atoms with Crippen molar-refractivity contribution in [1.29, 1.82) is 0 Å². The van der Waals surface area contributed by atoms with Gasteiger partial charge in [0.2, 0.25) is 0 Å². The molecular weight excluding hydrogens is 314 g/mol. The summed E-state index contributed by atoms with van der Waals surface area (Å²) in [6, 6.07) is 0.650. The monoisotopic (exact) mass is 349 g/mol. The van der Waals surface area contributed by atoms with Crippen molar-refractivity contribution < 1.29 is 9.47 Å². The quantitative estimate of drug-likeness (QED) is 0.626. The van der Waals surface area contributed by atoms with Crippen molar-refractivity contribution in [2.45, 2.75) is 76.5 Å². The van der Waals surface area contributed by atoms with Crippen LogP contribution < -0.4 is 5.32 Å². The summed E-state index contributed by atoms with van der Waals surface area (Å²) in [5.41, 5.74) is 0. The van der Waals surface area contributed by atoms with Gasteiger partial charge in [-0.2, -0.15) is 0 Å². The molecule has 4 fully saturated rings. The van der Waals surface area contributed by atoms with Crippen LogP contribution in [0.2, 0.25) is 0 Å². The predicted octanol–water partition coefficient (Wildman–Crippen LogP) is 2.80. The van der Waals surface area contributed by atoms with Crippen LogP contribution in [0.5, 0.6) is 0 Å². The second kappa shape index (κ2) is 8.26. The molecule has 25 heavy (non-hydrogen) atoms. The van der Waals surface area contributed by atoms with Gasteiger partial charge in [-0.25, -0.2) is 0 Å². The van der Waals surface area contributed by atoms with Gasteiger partial charge in [0.05, 0.1) is 12.7 Å². The highest BCUT2D eigenvalue weighted by atomic mass is 16.5. The van der Waals surface area contributed by atoms with E-state index in [-0.39, 0.29) is 12.2 Å². The zero-order chi connectivity index (χ0) is 17.1. The number of nitrogens with zero attached hydrogens (tertiary/aromatic N) is 2. The second-order valence-electron chi connectivity index (χ2n) is 8.25. The first-order chi connectivity index (χ1) is 12.3. The summed E-state index contributed by atoms with van der Waals surface area (Å²) in [5, 5.41) is 3.80. The molecule has 5 nitrogen and oxygen atoms in total. The molecule has 5 heteroatoms. The lowest BCUT2D eigenvalue weighted by molar-refractivity contribution is -0.0817. The van der Waals surface area contributed by atoms with Gasteiger partial charge >= 0.3 is 0 Å². The maximum absolute atomic E-state index is 6.01. The molecule has 1 N–H and O–H groups in total. The molecule has 2 heterocycles. The van der Waals surface area contributed by atoms with E-state index in [0.29, 0.717) is 6.04 Å². The molecule has 2 saturated heterocycles. The fourth-order valence-corrected chi connectivity index (χ4v) is 5.00. The SMILES string of the molecule is CCN=C(NC1CC1C1CCCCC1)N1CCOC(C2CCCO2)C1. The highest BCUT2D eigenvalue weighted by Gasteiger charge is 2.44. The number of nitrogens with one attached hydrogen (secondary N) is 1. The van der Waals surface area contributed by atoms with Crippen LogP contribution in [0.3, 0.4) is 0 Å². The van der Waals surface area contributed by atoms with Crippen LogP contribution in [0.1, 0.15) is 58.3 Å². The standard InChI is InChI=1S/C20H35N3O2/c1-2-21-20(22-17-13-16(17)15-7-4-3-5-8-15)23-10-12-25-19(14-23)18-9-6-11-24-18/h15-19H,2-14H2,1H3,(H,21,22). The molecule has 2 aliphatic carbocycles. The van der Waals surface area contributed by atoms with Crippen molar-refractivity contribution in [2.75, 3.05) is 32.8 Å². The van der Waals surface area contributed by atoms with Gasteiger partial charge in [-0.15, -0.1) is 0 Å². The lowest BCUT2D eigenvalue weighted by atomic mass is 9.85. The van der Waals surface area contributed by atoms with Crippen LogP contribution in [0.15, 0.2) is 4.99 Å².